The molecule has 80 valence electrons. The second-order valence-electron chi connectivity index (χ2n) is 2.88. The summed E-state index contributed by atoms with van der Waals surface area (Å²) in [6.45, 7) is 3.99. The minimum atomic E-state index is -0.839. The zero-order valence-electron chi connectivity index (χ0n) is 8.10. The monoisotopic (exact) mass is 219 g/mol. The maximum atomic E-state index is 11.0. The molecule has 0 aromatic carbocycles. The second kappa shape index (κ2) is 5.02. The van der Waals surface area contributed by atoms with Crippen molar-refractivity contribution in [3.05, 3.63) is 28.2 Å². The van der Waals surface area contributed by atoms with Crippen LogP contribution in [0.15, 0.2) is 17.1 Å². The van der Waals surface area contributed by atoms with Crippen LogP contribution >= 0.6 is 12.4 Å². The van der Waals surface area contributed by atoms with Gasteiger partial charge in [-0.3, -0.25) is 4.79 Å². The molecule has 1 rings (SSSR count). The van der Waals surface area contributed by atoms with Crippen molar-refractivity contribution in [1.82, 2.24) is 4.57 Å². The van der Waals surface area contributed by atoms with E-state index >= 15 is 0 Å². The molecule has 1 heterocycles. The van der Waals surface area contributed by atoms with Gasteiger partial charge in [0.25, 0.3) is 0 Å². The van der Waals surface area contributed by atoms with Crippen LogP contribution in [0.1, 0.15) is 25.6 Å². The summed E-state index contributed by atoms with van der Waals surface area (Å²) in [6, 6.07) is 1.28. The van der Waals surface area contributed by atoms with Crippen molar-refractivity contribution >= 4 is 12.4 Å². The van der Waals surface area contributed by atoms with Gasteiger partial charge in [-0.1, -0.05) is 0 Å². The summed E-state index contributed by atoms with van der Waals surface area (Å²) in [5, 5.41) is 18.7. The van der Waals surface area contributed by atoms with E-state index in [0.717, 1.165) is 0 Å². The van der Waals surface area contributed by atoms with E-state index < -0.39 is 11.5 Å². The van der Waals surface area contributed by atoms with E-state index in [-0.39, 0.29) is 23.9 Å². The number of rotatable bonds is 2. The smallest absolute Gasteiger partial charge is 0.223 e. The SMILES string of the molecule is CCn1ccc(=O)c(O)c1C(C)O.Cl. The zero-order valence-corrected chi connectivity index (χ0v) is 8.91. The maximum absolute atomic E-state index is 11.0. The first kappa shape index (κ1) is 13.0. The number of pyridine rings is 1. The Labute approximate surface area is 88.2 Å². The van der Waals surface area contributed by atoms with Gasteiger partial charge in [0.1, 0.15) is 0 Å². The van der Waals surface area contributed by atoms with Crippen LogP contribution in [0.4, 0.5) is 0 Å². The summed E-state index contributed by atoms with van der Waals surface area (Å²) < 4.78 is 1.64. The summed E-state index contributed by atoms with van der Waals surface area (Å²) in [5.74, 6) is -0.362. The number of aliphatic hydroxyl groups is 1. The number of halogens is 1. The summed E-state index contributed by atoms with van der Waals surface area (Å²) >= 11 is 0. The lowest BCUT2D eigenvalue weighted by molar-refractivity contribution is 0.183. The quantitative estimate of drug-likeness (QED) is 0.782. The standard InChI is InChI=1S/C9H13NO3.ClH/c1-3-10-5-4-7(12)9(13)8(10)6(2)11;/h4-6,11,13H,3H2,1-2H3;1H. The molecule has 5 heteroatoms. The van der Waals surface area contributed by atoms with Crippen LogP contribution in [-0.4, -0.2) is 14.8 Å². The topological polar surface area (TPSA) is 62.5 Å². The highest BCUT2D eigenvalue weighted by atomic mass is 35.5. The molecule has 2 N–H and O–H groups in total. The van der Waals surface area contributed by atoms with Crippen molar-refractivity contribution in [2.24, 2.45) is 0 Å². The fraction of sp³-hybridized carbons (Fsp3) is 0.444. The number of hydrogen-bond acceptors (Lipinski definition) is 3. The molecule has 0 saturated heterocycles. The molecular formula is C9H14ClNO3. The van der Waals surface area contributed by atoms with E-state index in [9.17, 15) is 15.0 Å². The van der Waals surface area contributed by atoms with Crippen LogP contribution in [-0.2, 0) is 6.54 Å². The van der Waals surface area contributed by atoms with Gasteiger partial charge in [0.05, 0.1) is 11.8 Å². The third-order valence-electron chi connectivity index (χ3n) is 1.93. The molecule has 0 aliphatic carbocycles. The molecule has 1 aromatic rings. The van der Waals surface area contributed by atoms with E-state index in [0.29, 0.717) is 6.54 Å². The van der Waals surface area contributed by atoms with Gasteiger partial charge < -0.3 is 14.8 Å². The molecule has 0 spiro atoms. The molecule has 0 fully saturated rings. The van der Waals surface area contributed by atoms with E-state index in [1.54, 1.807) is 10.8 Å². The van der Waals surface area contributed by atoms with Crippen molar-refractivity contribution in [1.29, 1.82) is 0 Å². The van der Waals surface area contributed by atoms with Gasteiger partial charge in [-0.2, -0.15) is 0 Å². The van der Waals surface area contributed by atoms with Crippen LogP contribution in [0.2, 0.25) is 0 Å². The van der Waals surface area contributed by atoms with Gasteiger partial charge in [0.15, 0.2) is 5.75 Å². The molecule has 0 bridgehead atoms. The van der Waals surface area contributed by atoms with Crippen LogP contribution in [0, 0.1) is 0 Å². The minimum Gasteiger partial charge on any atom is -0.503 e. The van der Waals surface area contributed by atoms with E-state index in [1.165, 1.54) is 13.0 Å². The first-order valence-corrected chi connectivity index (χ1v) is 4.18. The van der Waals surface area contributed by atoms with E-state index in [4.69, 9.17) is 0 Å². The second-order valence-corrected chi connectivity index (χ2v) is 2.88. The normalized spacial score (nSPS) is 11.9. The third kappa shape index (κ3) is 2.27. The van der Waals surface area contributed by atoms with Crippen molar-refractivity contribution in [3.8, 4) is 5.75 Å². The maximum Gasteiger partial charge on any atom is 0.223 e. The molecule has 0 amide bonds. The molecule has 0 radical (unpaired) electrons. The van der Waals surface area contributed by atoms with Gasteiger partial charge in [0, 0.05) is 18.8 Å². The lowest BCUT2D eigenvalue weighted by Gasteiger charge is -2.14. The lowest BCUT2D eigenvalue weighted by Crippen LogP contribution is -2.13. The van der Waals surface area contributed by atoms with Crippen LogP contribution in [0.25, 0.3) is 0 Å². The number of nitrogens with zero attached hydrogens (tertiary/aromatic N) is 1. The Hall–Kier alpha value is -1.00. The Morgan fingerprint density at radius 1 is 1.57 bits per heavy atom. The van der Waals surface area contributed by atoms with Gasteiger partial charge in [0.2, 0.25) is 5.43 Å². The van der Waals surface area contributed by atoms with E-state index in [2.05, 4.69) is 0 Å². The van der Waals surface area contributed by atoms with Gasteiger partial charge in [-0.15, -0.1) is 12.4 Å². The molecule has 1 unspecified atom stereocenters. The van der Waals surface area contributed by atoms with Crippen LogP contribution in [0.3, 0.4) is 0 Å². The number of aromatic nitrogens is 1. The summed E-state index contributed by atoms with van der Waals surface area (Å²) in [7, 11) is 0. The van der Waals surface area contributed by atoms with Crippen LogP contribution in [0.5, 0.6) is 5.75 Å². The van der Waals surface area contributed by atoms with Gasteiger partial charge in [-0.25, -0.2) is 0 Å². The minimum absolute atomic E-state index is 0. The molecular weight excluding hydrogens is 206 g/mol. The summed E-state index contributed by atoms with van der Waals surface area (Å²) in [4.78, 5) is 11.0. The molecule has 0 aliphatic rings. The largest absolute Gasteiger partial charge is 0.503 e. The zero-order chi connectivity index (χ0) is 10.0. The van der Waals surface area contributed by atoms with Crippen molar-refractivity contribution in [3.63, 3.8) is 0 Å². The Morgan fingerprint density at radius 3 is 2.57 bits per heavy atom. The fourth-order valence-corrected chi connectivity index (χ4v) is 1.29. The fourth-order valence-electron chi connectivity index (χ4n) is 1.29. The lowest BCUT2D eigenvalue weighted by atomic mass is 10.2. The predicted molar refractivity (Wildman–Crippen MR) is 55.9 cm³/mol. The average Bonchev–Trinajstić information content (AvgIpc) is 2.08. The Kier molecular flexibility index (Phi) is 4.67. The first-order chi connectivity index (χ1) is 6.07. The first-order valence-electron chi connectivity index (χ1n) is 4.18. The number of hydrogen-bond donors (Lipinski definition) is 2. The average molecular weight is 220 g/mol. The van der Waals surface area contributed by atoms with Gasteiger partial charge in [-0.05, 0) is 13.8 Å². The van der Waals surface area contributed by atoms with Crippen LogP contribution < -0.4 is 5.43 Å². The Balaban J connectivity index is 0.00000169. The summed E-state index contributed by atoms with van der Waals surface area (Å²) in [6.07, 6.45) is 0.721. The van der Waals surface area contributed by atoms with E-state index in [1.807, 2.05) is 6.92 Å². The highest BCUT2D eigenvalue weighted by molar-refractivity contribution is 5.85. The predicted octanol–water partition coefficient (Wildman–Crippen LogP) is 1.05. The molecule has 1 atom stereocenters. The van der Waals surface area contributed by atoms with Gasteiger partial charge >= 0.3 is 0 Å². The number of aryl methyl sites for hydroxylation is 1. The molecule has 0 saturated carbocycles. The number of aromatic hydroxyl groups is 1. The molecule has 1 aromatic heterocycles. The number of aliphatic hydroxyl groups excluding tert-OH is 1. The molecule has 4 nitrogen and oxygen atoms in total. The molecule has 0 aliphatic heterocycles. The summed E-state index contributed by atoms with van der Waals surface area (Å²) in [5.41, 5.74) is -0.185. The van der Waals surface area contributed by atoms with Crippen molar-refractivity contribution in [2.75, 3.05) is 0 Å². The third-order valence-corrected chi connectivity index (χ3v) is 1.93. The highest BCUT2D eigenvalue weighted by Crippen LogP contribution is 2.19. The highest BCUT2D eigenvalue weighted by Gasteiger charge is 2.13. The Bertz CT molecular complexity index is 360. The van der Waals surface area contributed by atoms with Crippen molar-refractivity contribution < 1.29 is 10.2 Å². The molecule has 14 heavy (non-hydrogen) atoms. The van der Waals surface area contributed by atoms with Crippen molar-refractivity contribution in [2.45, 2.75) is 26.5 Å². The Morgan fingerprint density at radius 2 is 2.14 bits per heavy atom.